The first-order valence-electron chi connectivity index (χ1n) is 15.6. The highest BCUT2D eigenvalue weighted by Crippen LogP contribution is 2.70. The van der Waals surface area contributed by atoms with Crippen molar-refractivity contribution in [2.75, 3.05) is 20.4 Å². The standard InChI is InChI=1S/C33H63NP/c1-13-33(9)20-24-16-22(2)30(27(17-24)21-33)32(7,8)34(10)35(11,12)23(3)29-25-14-15-26(29)19-28(18-25)31(4,5)6/h22-30H,13-21H2,1-12H3/q+1. The third-order valence-electron chi connectivity index (χ3n) is 13.2. The van der Waals surface area contributed by atoms with Gasteiger partial charge in [0.2, 0.25) is 0 Å². The zero-order valence-corrected chi connectivity index (χ0v) is 26.8. The van der Waals surface area contributed by atoms with Crippen LogP contribution in [0.2, 0.25) is 0 Å². The molecule has 4 rings (SSSR count). The molecule has 2 heteroatoms. The first-order chi connectivity index (χ1) is 16.0. The second-order valence-corrected chi connectivity index (χ2v) is 21.2. The second-order valence-electron chi connectivity index (χ2n) is 16.8. The molecule has 0 aromatic carbocycles. The Kier molecular flexibility index (Phi) is 7.74. The SMILES string of the molecule is CCC1(C)CC2CC(C)C(C(C)(C)N(C)[P+](C)(C)C(C)C3C4CCC3CC(C(C)(C)C)C4)C(C2)C1. The zero-order valence-electron chi connectivity index (χ0n) is 26.0. The van der Waals surface area contributed by atoms with Crippen molar-refractivity contribution >= 4 is 7.41 Å². The molecule has 0 amide bonds. The Bertz CT molecular complexity index is 733. The first kappa shape index (κ1) is 28.4. The molecule has 0 aromatic heterocycles. The molecular formula is C33H63NP+. The van der Waals surface area contributed by atoms with Crippen LogP contribution < -0.4 is 0 Å². The molecule has 0 aromatic rings. The largest absolute Gasteiger partial charge is 0.178 e. The molecule has 0 saturated heterocycles. The Hall–Kier alpha value is 0.390. The van der Waals surface area contributed by atoms with Crippen molar-refractivity contribution in [3.8, 4) is 0 Å². The van der Waals surface area contributed by atoms with Crippen LogP contribution in [0.3, 0.4) is 0 Å². The second kappa shape index (κ2) is 9.54. The highest BCUT2D eigenvalue weighted by molar-refractivity contribution is 7.72. The molecule has 8 unspecified atom stereocenters. The van der Waals surface area contributed by atoms with Gasteiger partial charge in [-0.3, -0.25) is 0 Å². The highest BCUT2D eigenvalue weighted by atomic mass is 31.2. The van der Waals surface area contributed by atoms with Gasteiger partial charge in [-0.2, -0.15) is 4.67 Å². The Morgan fingerprint density at radius 1 is 0.914 bits per heavy atom. The number of hydrogen-bond acceptors (Lipinski definition) is 1. The van der Waals surface area contributed by atoms with E-state index < -0.39 is 7.41 Å². The fourth-order valence-corrected chi connectivity index (χ4v) is 14.1. The molecule has 204 valence electrons. The van der Waals surface area contributed by atoms with Gasteiger partial charge in [-0.15, -0.1) is 0 Å². The summed E-state index contributed by atoms with van der Waals surface area (Å²) in [5.74, 6) is 7.51. The molecule has 0 N–H and O–H groups in total. The fraction of sp³-hybridized carbons (Fsp3) is 1.00. The summed E-state index contributed by atoms with van der Waals surface area (Å²) < 4.78 is 3.01. The van der Waals surface area contributed by atoms with Crippen molar-refractivity contribution in [2.24, 2.45) is 58.2 Å². The smallest absolute Gasteiger partial charge is 0.0854 e. The summed E-state index contributed by atoms with van der Waals surface area (Å²) in [6, 6.07) is 0. The van der Waals surface area contributed by atoms with Crippen LogP contribution in [0.25, 0.3) is 0 Å². The maximum Gasteiger partial charge on any atom is 0.0854 e. The van der Waals surface area contributed by atoms with E-state index in [-0.39, 0.29) is 5.54 Å². The number of nitrogens with zero attached hydrogens (tertiary/aromatic N) is 1. The molecule has 0 spiro atoms. The number of rotatable bonds is 6. The van der Waals surface area contributed by atoms with Crippen LogP contribution >= 0.6 is 7.41 Å². The molecule has 4 aliphatic carbocycles. The average molecular weight is 505 g/mol. The van der Waals surface area contributed by atoms with Crippen LogP contribution in [0, 0.1) is 58.2 Å². The van der Waals surface area contributed by atoms with Crippen molar-refractivity contribution < 1.29 is 0 Å². The third kappa shape index (κ3) is 5.07. The minimum absolute atomic E-state index is 0.286. The summed E-state index contributed by atoms with van der Waals surface area (Å²) in [6.07, 6.45) is 13.3. The summed E-state index contributed by atoms with van der Waals surface area (Å²) in [5.41, 5.74) is 2.22. The summed E-state index contributed by atoms with van der Waals surface area (Å²) >= 11 is 0. The Labute approximate surface area is 221 Å². The van der Waals surface area contributed by atoms with Gasteiger partial charge in [0, 0.05) is 13.0 Å². The molecule has 4 bridgehead atoms. The van der Waals surface area contributed by atoms with Gasteiger partial charge in [0.1, 0.15) is 0 Å². The third-order valence-corrected chi connectivity index (χ3v) is 17.6. The molecule has 0 heterocycles. The summed E-state index contributed by atoms with van der Waals surface area (Å²) in [4.78, 5) is 0. The van der Waals surface area contributed by atoms with Gasteiger partial charge >= 0.3 is 0 Å². The Morgan fingerprint density at radius 2 is 1.49 bits per heavy atom. The van der Waals surface area contributed by atoms with Crippen LogP contribution in [0.15, 0.2) is 0 Å². The van der Waals surface area contributed by atoms with Crippen molar-refractivity contribution in [2.45, 2.75) is 131 Å². The molecular weight excluding hydrogens is 441 g/mol. The van der Waals surface area contributed by atoms with E-state index in [9.17, 15) is 0 Å². The molecule has 0 aliphatic heterocycles. The van der Waals surface area contributed by atoms with Crippen LogP contribution in [0.5, 0.6) is 0 Å². The molecule has 35 heavy (non-hydrogen) atoms. The maximum atomic E-state index is 3.01. The first-order valence-corrected chi connectivity index (χ1v) is 18.3. The maximum absolute atomic E-state index is 3.01. The van der Waals surface area contributed by atoms with Gasteiger partial charge in [-0.05, 0) is 124 Å². The van der Waals surface area contributed by atoms with Gasteiger partial charge in [0.25, 0.3) is 0 Å². The molecule has 0 radical (unpaired) electrons. The lowest BCUT2D eigenvalue weighted by Crippen LogP contribution is -2.56. The van der Waals surface area contributed by atoms with E-state index in [2.05, 4.69) is 87.4 Å². The van der Waals surface area contributed by atoms with Gasteiger partial charge < -0.3 is 0 Å². The van der Waals surface area contributed by atoms with Crippen molar-refractivity contribution in [3.05, 3.63) is 0 Å². The van der Waals surface area contributed by atoms with E-state index in [1.54, 1.807) is 0 Å². The zero-order chi connectivity index (χ0) is 26.1. The predicted molar refractivity (Wildman–Crippen MR) is 158 cm³/mol. The molecule has 4 aliphatic rings. The number of hydrogen-bond donors (Lipinski definition) is 0. The summed E-state index contributed by atoms with van der Waals surface area (Å²) in [5, 5.41) is 0. The molecule has 4 saturated carbocycles. The van der Waals surface area contributed by atoms with Crippen LogP contribution in [0.4, 0.5) is 0 Å². The van der Waals surface area contributed by atoms with E-state index in [1.165, 1.54) is 57.8 Å². The van der Waals surface area contributed by atoms with Gasteiger partial charge in [-0.25, -0.2) is 0 Å². The number of fused-ring (bicyclic) bond motifs is 4. The average Bonchev–Trinajstić information content (AvgIpc) is 2.99. The fourth-order valence-electron chi connectivity index (χ4n) is 10.8. The Morgan fingerprint density at radius 3 is 2.00 bits per heavy atom. The van der Waals surface area contributed by atoms with E-state index in [4.69, 9.17) is 0 Å². The van der Waals surface area contributed by atoms with E-state index in [0.29, 0.717) is 10.8 Å². The minimum atomic E-state index is -1.24. The lowest BCUT2D eigenvalue weighted by atomic mass is 9.52. The highest BCUT2D eigenvalue weighted by Gasteiger charge is 2.59. The van der Waals surface area contributed by atoms with E-state index in [0.717, 1.165) is 53.0 Å². The monoisotopic (exact) mass is 504 g/mol. The lowest BCUT2D eigenvalue weighted by molar-refractivity contribution is -0.0497. The Balaban J connectivity index is 1.54. The predicted octanol–water partition coefficient (Wildman–Crippen LogP) is 9.86. The van der Waals surface area contributed by atoms with Crippen molar-refractivity contribution in [3.63, 3.8) is 0 Å². The molecule has 4 fully saturated rings. The summed E-state index contributed by atoms with van der Waals surface area (Å²) in [7, 11) is 1.32. The van der Waals surface area contributed by atoms with Crippen molar-refractivity contribution in [1.82, 2.24) is 4.67 Å². The molecule has 8 atom stereocenters. The van der Waals surface area contributed by atoms with Gasteiger partial charge in [0.15, 0.2) is 0 Å². The minimum Gasteiger partial charge on any atom is -0.178 e. The van der Waals surface area contributed by atoms with Crippen LogP contribution in [-0.2, 0) is 0 Å². The van der Waals surface area contributed by atoms with Crippen molar-refractivity contribution in [1.29, 1.82) is 0 Å². The van der Waals surface area contributed by atoms with Crippen LogP contribution in [0.1, 0.15) is 120 Å². The lowest BCUT2D eigenvalue weighted by Gasteiger charge is -2.58. The van der Waals surface area contributed by atoms with Gasteiger partial charge in [-0.1, -0.05) is 48.0 Å². The topological polar surface area (TPSA) is 3.24 Å². The quantitative estimate of drug-likeness (QED) is 0.325. The molecule has 1 nitrogen and oxygen atoms in total. The van der Waals surface area contributed by atoms with Gasteiger partial charge in [0.05, 0.1) is 31.9 Å². The van der Waals surface area contributed by atoms with Crippen LogP contribution in [-0.4, -0.2) is 36.2 Å². The normalized spacial score (nSPS) is 43.5. The van der Waals surface area contributed by atoms with E-state index >= 15 is 0 Å². The van der Waals surface area contributed by atoms with E-state index in [1.807, 2.05) is 0 Å². The summed E-state index contributed by atoms with van der Waals surface area (Å²) in [6.45, 7) is 28.6.